The number of oxime groups is 1. The summed E-state index contributed by atoms with van der Waals surface area (Å²) in [7, 11) is 2.90. The van der Waals surface area contributed by atoms with Crippen LogP contribution in [0.1, 0.15) is 34.3 Å². The van der Waals surface area contributed by atoms with E-state index in [0.717, 1.165) is 30.0 Å². The van der Waals surface area contributed by atoms with E-state index in [0.29, 0.717) is 17.9 Å². The first-order valence-corrected chi connectivity index (χ1v) is 8.31. The van der Waals surface area contributed by atoms with Gasteiger partial charge in [0, 0.05) is 11.6 Å². The molecule has 0 saturated carbocycles. The Morgan fingerprint density at radius 1 is 1.11 bits per heavy atom. The summed E-state index contributed by atoms with van der Waals surface area (Å²) >= 11 is 0. The summed E-state index contributed by atoms with van der Waals surface area (Å²) in [6, 6.07) is 9.56. The number of benzene rings is 2. The molecule has 0 amide bonds. The smallest absolute Gasteiger partial charge is 0.365 e. The van der Waals surface area contributed by atoms with Crippen molar-refractivity contribution >= 4 is 17.4 Å². The Kier molecular flexibility index (Phi) is 5.35. The number of aryl methyl sites for hydroxylation is 1. The zero-order valence-electron chi connectivity index (χ0n) is 14.9. The van der Waals surface area contributed by atoms with Gasteiger partial charge in [-0.25, -0.2) is 4.79 Å². The number of fused-ring (bicyclic) bond motifs is 1. The molecule has 3 rings (SSSR count). The first-order valence-electron chi connectivity index (χ1n) is 8.31. The van der Waals surface area contributed by atoms with Crippen molar-refractivity contribution < 1.29 is 24.0 Å². The first-order chi connectivity index (χ1) is 13.0. The Labute approximate surface area is 155 Å². The van der Waals surface area contributed by atoms with Gasteiger partial charge in [-0.05, 0) is 49.1 Å². The fourth-order valence-corrected chi connectivity index (χ4v) is 2.95. The van der Waals surface area contributed by atoms with Crippen LogP contribution in [0.5, 0.6) is 11.5 Å². The molecule has 0 atom stereocenters. The first kappa shape index (κ1) is 18.4. The van der Waals surface area contributed by atoms with E-state index in [1.165, 1.54) is 19.2 Å². The minimum absolute atomic E-state index is 0.0218. The SMILES string of the molecule is COc1ccc2c(c1)C(=NOC(=O)c1ccc(OC)c([N+](=O)[O-])c1)CCC2. The van der Waals surface area contributed by atoms with E-state index >= 15 is 0 Å². The van der Waals surface area contributed by atoms with Crippen LogP contribution < -0.4 is 9.47 Å². The molecule has 0 heterocycles. The molecule has 27 heavy (non-hydrogen) atoms. The lowest BCUT2D eigenvalue weighted by molar-refractivity contribution is -0.385. The summed E-state index contributed by atoms with van der Waals surface area (Å²) in [6.07, 6.45) is 2.47. The molecule has 1 aliphatic rings. The van der Waals surface area contributed by atoms with Gasteiger partial charge in [-0.15, -0.1) is 0 Å². The van der Waals surface area contributed by atoms with Gasteiger partial charge in [-0.1, -0.05) is 11.2 Å². The fraction of sp³-hybridized carbons (Fsp3) is 0.263. The number of carbonyl (C=O) groups is 1. The molecule has 0 bridgehead atoms. The number of ether oxygens (including phenoxy) is 2. The lowest BCUT2D eigenvalue weighted by atomic mass is 9.90. The van der Waals surface area contributed by atoms with Crippen molar-refractivity contribution in [3.8, 4) is 11.5 Å². The molecule has 1 aliphatic carbocycles. The van der Waals surface area contributed by atoms with Crippen LogP contribution in [0.15, 0.2) is 41.6 Å². The molecule has 2 aromatic carbocycles. The standard InChI is InChI=1S/C19H18N2O6/c1-25-14-8-6-12-4-3-5-16(15(12)11-14)20-27-19(22)13-7-9-18(26-2)17(10-13)21(23)24/h6-11H,3-5H2,1-2H3. The molecule has 8 heteroatoms. The van der Waals surface area contributed by atoms with E-state index in [9.17, 15) is 14.9 Å². The topological polar surface area (TPSA) is 100 Å². The number of nitro groups is 1. The Morgan fingerprint density at radius 3 is 2.63 bits per heavy atom. The summed E-state index contributed by atoms with van der Waals surface area (Å²) in [5.41, 5.74) is 2.35. The van der Waals surface area contributed by atoms with Gasteiger partial charge in [-0.3, -0.25) is 10.1 Å². The number of methoxy groups -OCH3 is 2. The molecule has 0 fully saturated rings. The maximum atomic E-state index is 12.3. The Balaban J connectivity index is 1.84. The highest BCUT2D eigenvalue weighted by Crippen LogP contribution is 2.28. The summed E-state index contributed by atoms with van der Waals surface area (Å²) in [5, 5.41) is 15.1. The third kappa shape index (κ3) is 3.89. The molecule has 0 aliphatic heterocycles. The maximum Gasteiger partial charge on any atom is 0.365 e. The molecule has 0 unspecified atom stereocenters. The Morgan fingerprint density at radius 2 is 1.93 bits per heavy atom. The largest absolute Gasteiger partial charge is 0.497 e. The molecule has 0 radical (unpaired) electrons. The second-order valence-electron chi connectivity index (χ2n) is 5.94. The maximum absolute atomic E-state index is 12.3. The molecule has 2 aromatic rings. The number of rotatable bonds is 5. The highest BCUT2D eigenvalue weighted by atomic mass is 16.7. The average molecular weight is 370 g/mol. The van der Waals surface area contributed by atoms with Crippen LogP contribution in [0, 0.1) is 10.1 Å². The number of hydrogen-bond donors (Lipinski definition) is 0. The van der Waals surface area contributed by atoms with Crippen molar-refractivity contribution in [1.29, 1.82) is 0 Å². The number of nitrogens with zero attached hydrogens (tertiary/aromatic N) is 2. The van der Waals surface area contributed by atoms with Gasteiger partial charge in [0.05, 0.1) is 30.4 Å². The van der Waals surface area contributed by atoms with E-state index in [1.54, 1.807) is 7.11 Å². The van der Waals surface area contributed by atoms with Gasteiger partial charge in [0.25, 0.3) is 0 Å². The monoisotopic (exact) mass is 370 g/mol. The van der Waals surface area contributed by atoms with Crippen LogP contribution in [0.2, 0.25) is 0 Å². The van der Waals surface area contributed by atoms with Gasteiger partial charge >= 0.3 is 11.7 Å². The molecule has 0 aromatic heterocycles. The van der Waals surface area contributed by atoms with E-state index < -0.39 is 10.9 Å². The van der Waals surface area contributed by atoms with E-state index in [4.69, 9.17) is 14.3 Å². The van der Waals surface area contributed by atoms with Crippen molar-refractivity contribution in [3.05, 3.63) is 63.2 Å². The molecule has 0 saturated heterocycles. The lowest BCUT2D eigenvalue weighted by Gasteiger charge is -2.18. The summed E-state index contributed by atoms with van der Waals surface area (Å²) in [6.45, 7) is 0. The molecule has 0 N–H and O–H groups in total. The highest BCUT2D eigenvalue weighted by Gasteiger charge is 2.21. The molecular formula is C19H18N2O6. The third-order valence-electron chi connectivity index (χ3n) is 4.34. The van der Waals surface area contributed by atoms with Crippen molar-refractivity contribution in [1.82, 2.24) is 0 Å². The normalized spacial score (nSPS) is 14.4. The molecule has 140 valence electrons. The van der Waals surface area contributed by atoms with Crippen LogP contribution in [0.25, 0.3) is 0 Å². The van der Waals surface area contributed by atoms with Crippen LogP contribution in [-0.4, -0.2) is 30.8 Å². The van der Waals surface area contributed by atoms with Crippen molar-refractivity contribution in [2.24, 2.45) is 5.16 Å². The highest BCUT2D eigenvalue weighted by molar-refractivity contribution is 6.03. The van der Waals surface area contributed by atoms with Gasteiger partial charge in [0.2, 0.25) is 0 Å². The second kappa shape index (κ2) is 7.86. The van der Waals surface area contributed by atoms with Gasteiger partial charge < -0.3 is 14.3 Å². The van der Waals surface area contributed by atoms with E-state index in [-0.39, 0.29) is 17.0 Å². The number of carbonyl (C=O) groups excluding carboxylic acids is 1. The van der Waals surface area contributed by atoms with Crippen molar-refractivity contribution in [3.63, 3.8) is 0 Å². The van der Waals surface area contributed by atoms with Gasteiger partial charge in [0.15, 0.2) is 5.75 Å². The fourth-order valence-electron chi connectivity index (χ4n) is 2.95. The lowest BCUT2D eigenvalue weighted by Crippen LogP contribution is -2.14. The zero-order valence-corrected chi connectivity index (χ0v) is 14.9. The summed E-state index contributed by atoms with van der Waals surface area (Å²) in [4.78, 5) is 27.8. The predicted molar refractivity (Wildman–Crippen MR) is 97.5 cm³/mol. The van der Waals surface area contributed by atoms with E-state index in [2.05, 4.69) is 5.16 Å². The zero-order chi connectivity index (χ0) is 19.4. The van der Waals surface area contributed by atoms with Gasteiger partial charge in [0.1, 0.15) is 5.75 Å². The third-order valence-corrected chi connectivity index (χ3v) is 4.34. The Hall–Kier alpha value is -3.42. The minimum atomic E-state index is -0.775. The van der Waals surface area contributed by atoms with Crippen LogP contribution in [0.4, 0.5) is 5.69 Å². The minimum Gasteiger partial charge on any atom is -0.497 e. The predicted octanol–water partition coefficient (Wildman–Crippen LogP) is 3.51. The summed E-state index contributed by atoms with van der Waals surface area (Å²) in [5.74, 6) is -0.0140. The van der Waals surface area contributed by atoms with Crippen LogP contribution in [0.3, 0.4) is 0 Å². The number of nitro benzene ring substituents is 1. The second-order valence-corrected chi connectivity index (χ2v) is 5.94. The van der Waals surface area contributed by atoms with Crippen molar-refractivity contribution in [2.45, 2.75) is 19.3 Å². The molecular weight excluding hydrogens is 352 g/mol. The van der Waals surface area contributed by atoms with Crippen LogP contribution in [-0.2, 0) is 11.3 Å². The number of hydrogen-bond acceptors (Lipinski definition) is 7. The molecule has 0 spiro atoms. The summed E-state index contributed by atoms with van der Waals surface area (Å²) < 4.78 is 10.2. The van der Waals surface area contributed by atoms with Crippen molar-refractivity contribution in [2.75, 3.05) is 14.2 Å². The van der Waals surface area contributed by atoms with E-state index in [1.807, 2.05) is 18.2 Å². The molecule has 8 nitrogen and oxygen atoms in total. The Bertz CT molecular complexity index is 922. The van der Waals surface area contributed by atoms with Gasteiger partial charge in [-0.2, -0.15) is 0 Å². The average Bonchev–Trinajstić information content (AvgIpc) is 2.70. The van der Waals surface area contributed by atoms with Crippen LogP contribution >= 0.6 is 0 Å². The quantitative estimate of drug-likeness (QED) is 0.454.